The van der Waals surface area contributed by atoms with Gasteiger partial charge in [-0.2, -0.15) is 0 Å². The predicted octanol–water partition coefficient (Wildman–Crippen LogP) is 3.14. The summed E-state index contributed by atoms with van der Waals surface area (Å²) in [6.07, 6.45) is 3.47. The lowest BCUT2D eigenvalue weighted by Crippen LogP contribution is -2.49. The number of thiazole rings is 1. The molecular weight excluding hydrogens is 454 g/mol. The molecule has 2 amide bonds. The van der Waals surface area contributed by atoms with Crippen molar-refractivity contribution in [2.75, 3.05) is 56.7 Å². The number of nitrogens with zero attached hydrogens (tertiary/aromatic N) is 4. The van der Waals surface area contributed by atoms with Crippen molar-refractivity contribution in [3.05, 3.63) is 42.1 Å². The first kappa shape index (κ1) is 22.8. The SMILES string of the molecule is COc1ncc(N2CCOCC2)c2sc(NC(=O)N3CCC(O)(Cc4ccccc4)CC3)nc12. The number of fused-ring (bicyclic) bond motifs is 1. The van der Waals surface area contributed by atoms with E-state index in [-0.39, 0.29) is 6.03 Å². The van der Waals surface area contributed by atoms with Crippen molar-refractivity contribution in [1.29, 1.82) is 0 Å². The Morgan fingerprint density at radius 2 is 1.94 bits per heavy atom. The highest BCUT2D eigenvalue weighted by atomic mass is 32.1. The molecule has 2 N–H and O–H groups in total. The first-order chi connectivity index (χ1) is 16.5. The van der Waals surface area contributed by atoms with E-state index in [1.54, 1.807) is 18.2 Å². The van der Waals surface area contributed by atoms with E-state index in [1.807, 2.05) is 30.3 Å². The fraction of sp³-hybridized carbons (Fsp3) is 0.458. The summed E-state index contributed by atoms with van der Waals surface area (Å²) in [4.78, 5) is 26.0. The second-order valence-electron chi connectivity index (χ2n) is 8.75. The number of morpholine rings is 1. The van der Waals surface area contributed by atoms with Crippen molar-refractivity contribution in [1.82, 2.24) is 14.9 Å². The van der Waals surface area contributed by atoms with Gasteiger partial charge in [-0.3, -0.25) is 5.32 Å². The van der Waals surface area contributed by atoms with Crippen LogP contribution >= 0.6 is 11.3 Å². The molecule has 3 aromatic rings. The lowest BCUT2D eigenvalue weighted by atomic mass is 9.85. The number of carbonyl (C=O) groups excluding carboxylic acids is 1. The number of amides is 2. The van der Waals surface area contributed by atoms with Crippen LogP contribution in [0.1, 0.15) is 18.4 Å². The fourth-order valence-electron chi connectivity index (χ4n) is 4.56. The minimum absolute atomic E-state index is 0.208. The van der Waals surface area contributed by atoms with E-state index in [2.05, 4.69) is 20.2 Å². The van der Waals surface area contributed by atoms with Gasteiger partial charge in [-0.15, -0.1) is 0 Å². The maximum absolute atomic E-state index is 13.0. The molecule has 1 aromatic carbocycles. The van der Waals surface area contributed by atoms with Crippen LogP contribution in [0.15, 0.2) is 36.5 Å². The third kappa shape index (κ3) is 4.79. The van der Waals surface area contributed by atoms with Crippen molar-refractivity contribution >= 4 is 38.4 Å². The van der Waals surface area contributed by atoms with Crippen LogP contribution in [0.2, 0.25) is 0 Å². The van der Waals surface area contributed by atoms with Gasteiger partial charge < -0.3 is 24.4 Å². The Hall–Kier alpha value is -2.95. The van der Waals surface area contributed by atoms with Crippen LogP contribution < -0.4 is 15.0 Å². The van der Waals surface area contributed by atoms with Crippen molar-refractivity contribution in [3.8, 4) is 5.88 Å². The van der Waals surface area contributed by atoms with Crippen LogP contribution in [0.5, 0.6) is 5.88 Å². The largest absolute Gasteiger partial charge is 0.479 e. The molecule has 0 bridgehead atoms. The number of hydrogen-bond donors (Lipinski definition) is 2. The summed E-state index contributed by atoms with van der Waals surface area (Å²) in [5.74, 6) is 0.438. The number of hydrogen-bond acceptors (Lipinski definition) is 8. The Labute approximate surface area is 202 Å². The number of rotatable bonds is 5. The van der Waals surface area contributed by atoms with Gasteiger partial charge in [0.25, 0.3) is 0 Å². The molecule has 180 valence electrons. The van der Waals surface area contributed by atoms with Crippen LogP contribution in [0, 0.1) is 0 Å². The van der Waals surface area contributed by atoms with Crippen molar-refractivity contribution in [3.63, 3.8) is 0 Å². The van der Waals surface area contributed by atoms with Gasteiger partial charge in [-0.1, -0.05) is 41.7 Å². The molecule has 0 saturated carbocycles. The zero-order chi connectivity index (χ0) is 23.5. The molecule has 9 nitrogen and oxygen atoms in total. The van der Waals surface area contributed by atoms with Crippen molar-refractivity contribution in [2.45, 2.75) is 24.9 Å². The number of methoxy groups -OCH3 is 1. The van der Waals surface area contributed by atoms with E-state index < -0.39 is 5.60 Å². The summed E-state index contributed by atoms with van der Waals surface area (Å²) in [7, 11) is 1.57. The predicted molar refractivity (Wildman–Crippen MR) is 132 cm³/mol. The summed E-state index contributed by atoms with van der Waals surface area (Å²) in [6, 6.07) is 9.78. The lowest BCUT2D eigenvalue weighted by molar-refractivity contribution is -0.0104. The molecule has 2 saturated heterocycles. The zero-order valence-corrected chi connectivity index (χ0v) is 20.0. The number of ether oxygens (including phenoxy) is 2. The van der Waals surface area contributed by atoms with Crippen molar-refractivity contribution in [2.24, 2.45) is 0 Å². The molecule has 2 aliphatic heterocycles. The lowest BCUT2D eigenvalue weighted by Gasteiger charge is -2.38. The molecule has 0 atom stereocenters. The quantitative estimate of drug-likeness (QED) is 0.575. The molecule has 5 rings (SSSR count). The molecule has 0 aliphatic carbocycles. The summed E-state index contributed by atoms with van der Waals surface area (Å²) in [6.45, 7) is 3.88. The molecule has 2 fully saturated rings. The van der Waals surface area contributed by atoms with Gasteiger partial charge in [0.05, 0.1) is 42.5 Å². The van der Waals surface area contributed by atoms with Crippen LogP contribution in [0.4, 0.5) is 15.6 Å². The topological polar surface area (TPSA) is 100 Å². The maximum atomic E-state index is 13.0. The number of aliphatic hydroxyl groups is 1. The second-order valence-corrected chi connectivity index (χ2v) is 9.75. The molecule has 2 aliphatic rings. The number of carbonyl (C=O) groups is 1. The van der Waals surface area contributed by atoms with E-state index in [4.69, 9.17) is 9.47 Å². The molecule has 0 radical (unpaired) electrons. The Morgan fingerprint density at radius 3 is 2.65 bits per heavy atom. The smallest absolute Gasteiger partial charge is 0.323 e. The highest BCUT2D eigenvalue weighted by Crippen LogP contribution is 2.38. The van der Waals surface area contributed by atoms with Crippen LogP contribution in [0.25, 0.3) is 10.2 Å². The number of anilines is 2. The summed E-state index contributed by atoms with van der Waals surface area (Å²) in [5.41, 5.74) is 1.93. The third-order valence-corrected chi connectivity index (χ3v) is 7.48. The highest BCUT2D eigenvalue weighted by molar-refractivity contribution is 7.23. The fourth-order valence-corrected chi connectivity index (χ4v) is 5.54. The number of likely N-dealkylation sites (tertiary alicyclic amines) is 1. The summed E-state index contributed by atoms with van der Waals surface area (Å²) >= 11 is 1.42. The number of aromatic nitrogens is 2. The number of urea groups is 1. The van der Waals surface area contributed by atoms with Crippen LogP contribution in [-0.2, 0) is 11.2 Å². The van der Waals surface area contributed by atoms with Crippen molar-refractivity contribution < 1.29 is 19.4 Å². The van der Waals surface area contributed by atoms with Crippen LogP contribution in [-0.4, -0.2) is 78.1 Å². The minimum atomic E-state index is -0.792. The Bertz CT molecular complexity index is 1140. The average Bonchev–Trinajstić information content (AvgIpc) is 3.28. The molecule has 2 aromatic heterocycles. The number of pyridine rings is 1. The van der Waals surface area contributed by atoms with Gasteiger partial charge in [0.1, 0.15) is 5.52 Å². The second kappa shape index (κ2) is 9.73. The highest BCUT2D eigenvalue weighted by Gasteiger charge is 2.34. The average molecular weight is 484 g/mol. The zero-order valence-electron chi connectivity index (χ0n) is 19.2. The van der Waals surface area contributed by atoms with E-state index in [0.717, 1.165) is 29.0 Å². The van der Waals surface area contributed by atoms with E-state index in [0.29, 0.717) is 62.1 Å². The normalized spacial score (nSPS) is 18.2. The van der Waals surface area contributed by atoms with E-state index in [1.165, 1.54) is 11.3 Å². The standard InChI is InChI=1S/C24H29N5O4S/c1-32-21-19-20(18(16-25-21)28-11-13-33-14-12-28)34-22(26-19)27-23(30)29-9-7-24(31,8-10-29)15-17-5-3-2-4-6-17/h2-6,16,31H,7-15H2,1H3,(H,26,27,30). The Morgan fingerprint density at radius 1 is 1.21 bits per heavy atom. The number of nitrogens with one attached hydrogen (secondary N) is 1. The number of piperidine rings is 1. The van der Waals surface area contributed by atoms with Gasteiger partial charge in [0.2, 0.25) is 5.88 Å². The summed E-state index contributed by atoms with van der Waals surface area (Å²) < 4.78 is 11.8. The Balaban J connectivity index is 1.27. The minimum Gasteiger partial charge on any atom is -0.479 e. The van der Waals surface area contributed by atoms with Gasteiger partial charge >= 0.3 is 6.03 Å². The maximum Gasteiger partial charge on any atom is 0.323 e. The molecule has 0 spiro atoms. The number of benzene rings is 1. The van der Waals surface area contributed by atoms with Gasteiger partial charge in [0.15, 0.2) is 5.13 Å². The molecule has 10 heteroatoms. The first-order valence-corrected chi connectivity index (χ1v) is 12.3. The third-order valence-electron chi connectivity index (χ3n) is 6.48. The van der Waals surface area contributed by atoms with Gasteiger partial charge in [-0.25, -0.2) is 14.8 Å². The monoisotopic (exact) mass is 483 g/mol. The molecule has 34 heavy (non-hydrogen) atoms. The van der Waals surface area contributed by atoms with E-state index >= 15 is 0 Å². The first-order valence-electron chi connectivity index (χ1n) is 11.5. The Kier molecular flexibility index (Phi) is 6.53. The summed E-state index contributed by atoms with van der Waals surface area (Å²) in [5, 5.41) is 14.5. The van der Waals surface area contributed by atoms with Crippen LogP contribution in [0.3, 0.4) is 0 Å². The molecular formula is C24H29N5O4S. The van der Waals surface area contributed by atoms with Gasteiger partial charge in [0, 0.05) is 32.6 Å². The van der Waals surface area contributed by atoms with Gasteiger partial charge in [-0.05, 0) is 18.4 Å². The molecule has 4 heterocycles. The molecule has 0 unspecified atom stereocenters. The van der Waals surface area contributed by atoms with E-state index in [9.17, 15) is 9.90 Å².